The van der Waals surface area contributed by atoms with E-state index < -0.39 is 35.1 Å². The Morgan fingerprint density at radius 3 is 2.27 bits per heavy atom. The molecule has 1 aromatic carbocycles. The van der Waals surface area contributed by atoms with Crippen molar-refractivity contribution in [2.75, 3.05) is 0 Å². The molecule has 26 heavy (non-hydrogen) atoms. The van der Waals surface area contributed by atoms with Crippen molar-refractivity contribution in [3.63, 3.8) is 0 Å². The normalized spacial score (nSPS) is 22.2. The molecule has 0 bridgehead atoms. The average molecular weight is 366 g/mol. The quantitative estimate of drug-likeness (QED) is 0.711. The summed E-state index contributed by atoms with van der Waals surface area (Å²) < 4.78 is 41.4. The molecule has 0 amide bonds. The zero-order valence-corrected chi connectivity index (χ0v) is 14.5. The summed E-state index contributed by atoms with van der Waals surface area (Å²) >= 11 is 0. The smallest absolute Gasteiger partial charge is 0.155 e. The Labute approximate surface area is 149 Å². The van der Waals surface area contributed by atoms with Crippen LogP contribution < -0.4 is 5.73 Å². The van der Waals surface area contributed by atoms with Crippen LogP contribution in [0.1, 0.15) is 31.5 Å². The van der Waals surface area contributed by atoms with Crippen molar-refractivity contribution in [2.24, 2.45) is 11.7 Å². The van der Waals surface area contributed by atoms with Crippen LogP contribution in [0.4, 0.5) is 13.2 Å². The van der Waals surface area contributed by atoms with Gasteiger partial charge in [-0.1, -0.05) is 0 Å². The molecule has 0 aliphatic heterocycles. The zero-order chi connectivity index (χ0) is 19.3. The Morgan fingerprint density at radius 1 is 1.19 bits per heavy atom. The summed E-state index contributed by atoms with van der Waals surface area (Å²) in [5, 5.41) is 20.6. The van der Waals surface area contributed by atoms with Gasteiger partial charge in [0.05, 0.1) is 5.60 Å². The maximum Gasteiger partial charge on any atom is 0.155 e. The molecule has 0 spiro atoms. The first-order chi connectivity index (χ1) is 12.0. The summed E-state index contributed by atoms with van der Waals surface area (Å²) in [5.74, 6) is -1.93. The van der Waals surface area contributed by atoms with Crippen LogP contribution >= 0.6 is 0 Å². The summed E-state index contributed by atoms with van der Waals surface area (Å²) in [6.07, 6.45) is -1.21. The van der Waals surface area contributed by atoms with Gasteiger partial charge >= 0.3 is 0 Å². The number of aliphatic hydroxyl groups is 2. The summed E-state index contributed by atoms with van der Waals surface area (Å²) in [6, 6.07) is 6.39. The second-order valence-corrected chi connectivity index (χ2v) is 7.42. The average Bonchev–Trinajstić information content (AvgIpc) is 3.26. The molecule has 2 aromatic rings. The number of nitrogens with zero attached hydrogens (tertiary/aromatic N) is 1. The van der Waals surface area contributed by atoms with E-state index in [1.807, 2.05) is 0 Å². The molecule has 140 valence electrons. The molecule has 1 aliphatic rings. The molecule has 0 radical (unpaired) electrons. The van der Waals surface area contributed by atoms with Gasteiger partial charge in [0.25, 0.3) is 0 Å². The molecule has 1 aliphatic carbocycles. The van der Waals surface area contributed by atoms with Gasteiger partial charge in [-0.2, -0.15) is 0 Å². The molecule has 3 atom stereocenters. The second kappa shape index (κ2) is 6.33. The van der Waals surface area contributed by atoms with Gasteiger partial charge in [0.1, 0.15) is 23.4 Å². The molecular weight excluding hydrogens is 345 g/mol. The third-order valence-corrected chi connectivity index (χ3v) is 4.61. The van der Waals surface area contributed by atoms with Crippen molar-refractivity contribution in [2.45, 2.75) is 44.2 Å². The van der Waals surface area contributed by atoms with E-state index in [1.54, 1.807) is 0 Å². The lowest BCUT2D eigenvalue weighted by molar-refractivity contribution is 0.0154. The summed E-state index contributed by atoms with van der Waals surface area (Å²) in [6.45, 7) is 2.83. The molecule has 4 N–H and O–H groups in total. The fraction of sp³-hybridized carbons (Fsp3) is 0.421. The van der Waals surface area contributed by atoms with Gasteiger partial charge < -0.3 is 15.9 Å². The van der Waals surface area contributed by atoms with Crippen LogP contribution in [0.3, 0.4) is 0 Å². The van der Waals surface area contributed by atoms with Crippen LogP contribution in [-0.4, -0.2) is 27.1 Å². The summed E-state index contributed by atoms with van der Waals surface area (Å²) in [5.41, 5.74) is 2.87. The predicted molar refractivity (Wildman–Crippen MR) is 90.7 cm³/mol. The van der Waals surface area contributed by atoms with Crippen molar-refractivity contribution in [1.29, 1.82) is 0 Å². The first kappa shape index (κ1) is 18.8. The minimum atomic E-state index is -1.82. The van der Waals surface area contributed by atoms with Gasteiger partial charge in [-0.15, -0.1) is 0 Å². The molecule has 3 unspecified atom stereocenters. The second-order valence-electron chi connectivity index (χ2n) is 7.42. The molecule has 1 aromatic heterocycles. The third-order valence-electron chi connectivity index (χ3n) is 4.61. The topological polar surface area (TPSA) is 79.4 Å². The molecule has 3 rings (SSSR count). The number of hydrogen-bond donors (Lipinski definition) is 3. The lowest BCUT2D eigenvalue weighted by Crippen LogP contribution is -2.45. The number of pyridine rings is 1. The lowest BCUT2D eigenvalue weighted by Gasteiger charge is -2.25. The number of halogens is 3. The Balaban J connectivity index is 2.07. The summed E-state index contributed by atoms with van der Waals surface area (Å²) in [7, 11) is 0. The highest BCUT2D eigenvalue weighted by Crippen LogP contribution is 2.42. The number of hydrogen-bond acceptors (Lipinski definition) is 4. The molecule has 1 fully saturated rings. The van der Waals surface area contributed by atoms with E-state index >= 15 is 0 Å². The minimum Gasteiger partial charge on any atom is -0.386 e. The Hall–Kier alpha value is -1.96. The highest BCUT2D eigenvalue weighted by molar-refractivity contribution is 5.61. The molecular formula is C19H21F3N2O2. The number of nitrogens with two attached hydrogens (primary N) is 1. The van der Waals surface area contributed by atoms with Crippen LogP contribution in [0.2, 0.25) is 0 Å². The van der Waals surface area contributed by atoms with Crippen molar-refractivity contribution in [1.82, 2.24) is 4.98 Å². The Bertz CT molecular complexity index is 817. The third kappa shape index (κ3) is 3.75. The highest BCUT2D eigenvalue weighted by Gasteiger charge is 2.51. The van der Waals surface area contributed by atoms with E-state index in [-0.39, 0.29) is 29.8 Å². The Kier molecular flexibility index (Phi) is 4.58. The number of aromatic nitrogens is 1. The van der Waals surface area contributed by atoms with Crippen LogP contribution in [0, 0.1) is 17.6 Å². The number of benzene rings is 1. The van der Waals surface area contributed by atoms with E-state index in [2.05, 4.69) is 4.98 Å². The number of alkyl halides is 1. The van der Waals surface area contributed by atoms with Crippen LogP contribution in [-0.2, 0) is 12.0 Å². The maximum absolute atomic E-state index is 14.9. The Morgan fingerprint density at radius 2 is 1.77 bits per heavy atom. The molecule has 1 heterocycles. The first-order valence-corrected chi connectivity index (χ1v) is 8.32. The van der Waals surface area contributed by atoms with E-state index in [9.17, 15) is 23.4 Å². The fourth-order valence-electron chi connectivity index (χ4n) is 3.02. The van der Waals surface area contributed by atoms with Gasteiger partial charge in [0.2, 0.25) is 0 Å². The van der Waals surface area contributed by atoms with E-state index in [0.717, 1.165) is 0 Å². The number of rotatable bonds is 5. The van der Waals surface area contributed by atoms with Crippen molar-refractivity contribution in [3.05, 3.63) is 53.2 Å². The minimum absolute atomic E-state index is 0.0368. The molecule has 1 saturated carbocycles. The van der Waals surface area contributed by atoms with Crippen LogP contribution in [0.15, 0.2) is 30.3 Å². The van der Waals surface area contributed by atoms with Crippen molar-refractivity contribution in [3.8, 4) is 11.3 Å². The van der Waals surface area contributed by atoms with Gasteiger partial charge in [0.15, 0.2) is 5.82 Å². The predicted octanol–water partition coefficient (Wildman–Crippen LogP) is 2.80. The molecule has 0 saturated heterocycles. The SMILES string of the molecule is CC(C)(O)c1cc(CC(N)(O)C2CC2F)nc(-c2ccc(F)cc2)c1F. The highest BCUT2D eigenvalue weighted by atomic mass is 19.1. The van der Waals surface area contributed by atoms with Crippen LogP contribution in [0.5, 0.6) is 0 Å². The first-order valence-electron chi connectivity index (χ1n) is 8.32. The van der Waals surface area contributed by atoms with Gasteiger partial charge in [-0.25, -0.2) is 18.2 Å². The van der Waals surface area contributed by atoms with Gasteiger partial charge in [-0.3, -0.25) is 0 Å². The van der Waals surface area contributed by atoms with E-state index in [4.69, 9.17) is 5.73 Å². The fourth-order valence-corrected chi connectivity index (χ4v) is 3.02. The summed E-state index contributed by atoms with van der Waals surface area (Å²) in [4.78, 5) is 4.20. The van der Waals surface area contributed by atoms with Gasteiger partial charge in [0, 0.05) is 29.2 Å². The zero-order valence-electron chi connectivity index (χ0n) is 14.5. The van der Waals surface area contributed by atoms with E-state index in [1.165, 1.54) is 44.2 Å². The maximum atomic E-state index is 14.9. The van der Waals surface area contributed by atoms with Crippen molar-refractivity contribution >= 4 is 0 Å². The lowest BCUT2D eigenvalue weighted by atomic mass is 9.93. The van der Waals surface area contributed by atoms with Crippen molar-refractivity contribution < 1.29 is 23.4 Å². The standard InChI is InChI=1S/C19H21F3N2O2/c1-18(2,25)14-7-12(9-19(23,26)13-8-15(13)21)24-17(16(14)22)10-3-5-11(20)6-4-10/h3-7,13,15,25-26H,8-9,23H2,1-2H3. The largest absolute Gasteiger partial charge is 0.386 e. The molecule has 4 nitrogen and oxygen atoms in total. The van der Waals surface area contributed by atoms with Crippen LogP contribution in [0.25, 0.3) is 11.3 Å². The monoisotopic (exact) mass is 366 g/mol. The van der Waals surface area contributed by atoms with E-state index in [0.29, 0.717) is 5.56 Å². The molecule has 7 heteroatoms. The van der Waals surface area contributed by atoms with Gasteiger partial charge in [-0.05, 0) is 50.6 Å².